The van der Waals surface area contributed by atoms with Crippen LogP contribution in [0.25, 0.3) is 0 Å². The van der Waals surface area contributed by atoms with Crippen LogP contribution in [0.15, 0.2) is 39.3 Å². The van der Waals surface area contributed by atoms with E-state index in [-0.39, 0.29) is 11.5 Å². The topological polar surface area (TPSA) is 59.4 Å². The van der Waals surface area contributed by atoms with Gasteiger partial charge in [0.2, 0.25) is 5.88 Å². The summed E-state index contributed by atoms with van der Waals surface area (Å²) >= 11 is 6.75. The van der Waals surface area contributed by atoms with Crippen LogP contribution in [0.3, 0.4) is 0 Å². The van der Waals surface area contributed by atoms with Gasteiger partial charge in [-0.15, -0.1) is 0 Å². The van der Waals surface area contributed by atoms with E-state index >= 15 is 0 Å². The summed E-state index contributed by atoms with van der Waals surface area (Å²) in [4.78, 5) is 17.4. The zero-order valence-electron chi connectivity index (χ0n) is 11.8. The van der Waals surface area contributed by atoms with Crippen molar-refractivity contribution < 1.29 is 14.6 Å². The maximum atomic E-state index is 12.9. The molecule has 1 aliphatic rings. The highest BCUT2D eigenvalue weighted by Crippen LogP contribution is 2.53. The second-order valence-electron chi connectivity index (χ2n) is 5.26. The van der Waals surface area contributed by atoms with Gasteiger partial charge in [-0.1, -0.05) is 15.9 Å². The van der Waals surface area contributed by atoms with E-state index in [2.05, 4.69) is 36.8 Å². The molecule has 114 valence electrons. The lowest BCUT2D eigenvalue weighted by Crippen LogP contribution is -2.23. The quantitative estimate of drug-likeness (QED) is 0.743. The summed E-state index contributed by atoms with van der Waals surface area (Å²) in [5.41, 5.74) is 0.301. The number of ether oxygens (including phenoxy) is 1. The normalized spacial score (nSPS) is 15.4. The monoisotopic (exact) mass is 425 g/mol. The van der Waals surface area contributed by atoms with Crippen LogP contribution in [0.4, 0.5) is 0 Å². The number of pyridine rings is 1. The summed E-state index contributed by atoms with van der Waals surface area (Å²) < 4.78 is 6.66. The van der Waals surface area contributed by atoms with E-state index < -0.39 is 5.41 Å². The van der Waals surface area contributed by atoms with Crippen molar-refractivity contribution in [3.8, 4) is 11.6 Å². The molecule has 1 fully saturated rings. The molecule has 1 heterocycles. The van der Waals surface area contributed by atoms with Crippen LogP contribution in [0, 0.1) is 0 Å². The number of phenols is 1. The summed E-state index contributed by atoms with van der Waals surface area (Å²) in [6.07, 6.45) is 1.42. The molecule has 1 aliphatic carbocycles. The van der Waals surface area contributed by atoms with Crippen LogP contribution in [0.2, 0.25) is 0 Å². The van der Waals surface area contributed by atoms with Crippen LogP contribution in [-0.4, -0.2) is 23.0 Å². The van der Waals surface area contributed by atoms with Crippen molar-refractivity contribution in [3.63, 3.8) is 0 Å². The first-order valence-electron chi connectivity index (χ1n) is 6.72. The van der Waals surface area contributed by atoms with E-state index in [1.54, 1.807) is 25.3 Å². The molecule has 1 aromatic heterocycles. The van der Waals surface area contributed by atoms with E-state index in [0.717, 1.165) is 8.95 Å². The molecule has 0 spiro atoms. The number of hydrogen-bond donors (Lipinski definition) is 1. The third-order valence-electron chi connectivity index (χ3n) is 3.87. The average molecular weight is 427 g/mol. The van der Waals surface area contributed by atoms with Crippen molar-refractivity contribution in [3.05, 3.63) is 50.5 Å². The first-order valence-corrected chi connectivity index (χ1v) is 8.31. The zero-order chi connectivity index (χ0) is 15.9. The van der Waals surface area contributed by atoms with Crippen LogP contribution < -0.4 is 4.74 Å². The van der Waals surface area contributed by atoms with Gasteiger partial charge >= 0.3 is 0 Å². The molecule has 1 N–H and O–H groups in total. The molecule has 4 nitrogen and oxygen atoms in total. The highest BCUT2D eigenvalue weighted by atomic mass is 79.9. The molecule has 6 heteroatoms. The number of aromatic nitrogens is 1. The molecule has 2 aromatic rings. The highest BCUT2D eigenvalue weighted by Gasteiger charge is 2.54. The van der Waals surface area contributed by atoms with Gasteiger partial charge in [-0.3, -0.25) is 4.79 Å². The number of carbonyl (C=O) groups is 1. The Kier molecular flexibility index (Phi) is 3.99. The summed E-state index contributed by atoms with van der Waals surface area (Å²) in [6.45, 7) is 0. The second kappa shape index (κ2) is 5.66. The van der Waals surface area contributed by atoms with Crippen LogP contribution in [0.5, 0.6) is 11.6 Å². The second-order valence-corrected chi connectivity index (χ2v) is 7.03. The Labute approximate surface area is 144 Å². The van der Waals surface area contributed by atoms with Crippen molar-refractivity contribution in [1.29, 1.82) is 0 Å². The minimum atomic E-state index is -0.682. The summed E-state index contributed by atoms with van der Waals surface area (Å²) in [5.74, 6) is 0.334. The Hall–Kier alpha value is -1.40. The van der Waals surface area contributed by atoms with E-state index in [4.69, 9.17) is 4.74 Å². The van der Waals surface area contributed by atoms with E-state index in [1.165, 1.54) is 6.07 Å². The van der Waals surface area contributed by atoms with Crippen molar-refractivity contribution in [2.75, 3.05) is 7.11 Å². The van der Waals surface area contributed by atoms with Crippen molar-refractivity contribution >= 4 is 37.6 Å². The van der Waals surface area contributed by atoms with Gasteiger partial charge in [0.15, 0.2) is 5.78 Å². The lowest BCUT2D eigenvalue weighted by Gasteiger charge is -2.17. The molecular formula is C16H13Br2NO3. The number of methoxy groups -OCH3 is 1. The number of ketones is 1. The average Bonchev–Trinajstić information content (AvgIpc) is 3.29. The lowest BCUT2D eigenvalue weighted by atomic mass is 9.90. The molecule has 1 saturated carbocycles. The molecule has 0 radical (unpaired) electrons. The lowest BCUT2D eigenvalue weighted by molar-refractivity contribution is 0.0941. The van der Waals surface area contributed by atoms with Gasteiger partial charge < -0.3 is 9.84 Å². The first-order chi connectivity index (χ1) is 10.5. The number of hydrogen-bond acceptors (Lipinski definition) is 4. The van der Waals surface area contributed by atoms with E-state index in [1.807, 2.05) is 6.07 Å². The number of rotatable bonds is 4. The predicted octanol–water partition coefficient (Wildman–Crippen LogP) is 4.24. The smallest absolute Gasteiger partial charge is 0.213 e. The highest BCUT2D eigenvalue weighted by molar-refractivity contribution is 9.10. The number of benzene rings is 1. The predicted molar refractivity (Wildman–Crippen MR) is 89.5 cm³/mol. The third kappa shape index (κ3) is 2.54. The van der Waals surface area contributed by atoms with Crippen molar-refractivity contribution in [2.45, 2.75) is 18.3 Å². The van der Waals surface area contributed by atoms with Gasteiger partial charge in [-0.25, -0.2) is 4.98 Å². The molecular weight excluding hydrogens is 414 g/mol. The fourth-order valence-corrected chi connectivity index (χ4v) is 3.47. The summed E-state index contributed by atoms with van der Waals surface area (Å²) in [7, 11) is 1.54. The molecule has 0 amide bonds. The van der Waals surface area contributed by atoms with Crippen LogP contribution in [0.1, 0.15) is 28.9 Å². The minimum Gasteiger partial charge on any atom is -0.507 e. The van der Waals surface area contributed by atoms with Crippen molar-refractivity contribution in [1.82, 2.24) is 4.98 Å². The van der Waals surface area contributed by atoms with Gasteiger partial charge in [0, 0.05) is 15.0 Å². The van der Waals surface area contributed by atoms with Gasteiger partial charge in [-0.05, 0) is 53.0 Å². The number of phenolic OH excluding ortho intramolecular Hbond substituents is 1. The summed E-state index contributed by atoms with van der Waals surface area (Å²) in [5, 5.41) is 10.1. The zero-order valence-corrected chi connectivity index (χ0v) is 14.9. The number of nitrogens with zero attached hydrogens (tertiary/aromatic N) is 1. The molecule has 0 unspecified atom stereocenters. The fraction of sp³-hybridized carbons (Fsp3) is 0.250. The molecule has 0 atom stereocenters. The van der Waals surface area contributed by atoms with E-state index in [0.29, 0.717) is 30.0 Å². The van der Waals surface area contributed by atoms with Gasteiger partial charge in [0.05, 0.1) is 23.8 Å². The summed E-state index contributed by atoms with van der Waals surface area (Å²) in [6, 6.07) is 8.48. The first kappa shape index (κ1) is 15.5. The minimum absolute atomic E-state index is 0.0235. The molecule has 0 bridgehead atoms. The Morgan fingerprint density at radius 3 is 2.59 bits per heavy atom. The molecule has 0 aliphatic heterocycles. The number of aromatic hydroxyl groups is 1. The molecule has 0 saturated heterocycles. The third-order valence-corrected chi connectivity index (χ3v) is 5.01. The maximum absolute atomic E-state index is 12.9. The van der Waals surface area contributed by atoms with Gasteiger partial charge in [0.1, 0.15) is 5.75 Å². The molecule has 3 rings (SSSR count). The van der Waals surface area contributed by atoms with Gasteiger partial charge in [0.25, 0.3) is 0 Å². The largest absolute Gasteiger partial charge is 0.507 e. The Bertz CT molecular complexity index is 757. The fourth-order valence-electron chi connectivity index (χ4n) is 2.52. The Morgan fingerprint density at radius 2 is 2.00 bits per heavy atom. The maximum Gasteiger partial charge on any atom is 0.213 e. The Balaban J connectivity index is 2.05. The van der Waals surface area contributed by atoms with Crippen LogP contribution >= 0.6 is 31.9 Å². The Morgan fingerprint density at radius 1 is 1.27 bits per heavy atom. The number of Topliss-reactive ketones (excluding diaryl/α,β-unsaturated/α-hetero) is 1. The molecule has 22 heavy (non-hydrogen) atoms. The number of carbonyl (C=O) groups excluding carboxylic acids is 1. The molecule has 1 aromatic carbocycles. The van der Waals surface area contributed by atoms with Crippen LogP contribution in [-0.2, 0) is 5.41 Å². The SMILES string of the molecule is COc1ccc(Br)c(C2(C(=O)c3ccc(Br)cc3O)CC2)n1. The van der Waals surface area contributed by atoms with Crippen molar-refractivity contribution in [2.24, 2.45) is 0 Å². The standard InChI is InChI=1S/C16H13Br2NO3/c1-22-13-5-4-11(18)14(19-13)16(6-7-16)15(21)10-3-2-9(17)8-12(10)20/h2-5,8,20H,6-7H2,1H3. The number of halogens is 2. The van der Waals surface area contributed by atoms with E-state index in [9.17, 15) is 9.90 Å². The van der Waals surface area contributed by atoms with Gasteiger partial charge in [-0.2, -0.15) is 0 Å².